The Bertz CT molecular complexity index is 890. The van der Waals surface area contributed by atoms with E-state index in [4.69, 9.17) is 3.32 Å². The summed E-state index contributed by atoms with van der Waals surface area (Å²) in [4.78, 5) is 30.6. The third kappa shape index (κ3) is 86.1. The minimum absolute atomic E-state index is 0.220. The van der Waals surface area contributed by atoms with E-state index in [2.05, 4.69) is 57.2 Å². The predicted octanol–water partition coefficient (Wildman–Crippen LogP) is 15.2. The molecule has 0 fully saturated rings. The van der Waals surface area contributed by atoms with Gasteiger partial charge in [-0.25, -0.2) is 0 Å². The Kier molecular flexibility index (Phi) is 71.6. The van der Waals surface area contributed by atoms with Crippen LogP contribution < -0.4 is 15.3 Å². The largest absolute Gasteiger partial charge is 0.550 e. The van der Waals surface area contributed by atoms with Crippen LogP contribution in [0.3, 0.4) is 0 Å². The Morgan fingerprint density at radius 1 is 0.338 bits per heavy atom. The van der Waals surface area contributed by atoms with E-state index in [1.807, 2.05) is 13.8 Å². The Labute approximate surface area is 416 Å². The smallest absolute Gasteiger partial charge is 0.0414 e. The number of carboxylic acid groups (broad SMARTS) is 3. The van der Waals surface area contributed by atoms with Crippen LogP contribution in [0.25, 0.3) is 0 Å². The summed E-state index contributed by atoms with van der Waals surface area (Å²) in [6.45, 7) is 10.8. The van der Waals surface area contributed by atoms with Crippen molar-refractivity contribution < 1.29 is 53.8 Å². The number of carboxylic acids is 3. The fourth-order valence-corrected chi connectivity index (χ4v) is 7.02. The molecule has 380 valence electrons. The van der Waals surface area contributed by atoms with Crippen molar-refractivity contribution in [2.45, 2.75) is 310 Å². The van der Waals surface area contributed by atoms with Crippen molar-refractivity contribution in [1.29, 1.82) is 0 Å². The topological polar surface area (TPSA) is 130 Å². The zero-order valence-corrected chi connectivity index (χ0v) is 45.2. The maximum atomic E-state index is 10.2. The van der Waals surface area contributed by atoms with Gasteiger partial charge in [0.2, 0.25) is 0 Å². The average Bonchev–Trinajstić information content (AvgIpc) is 3.28. The number of unbranched alkanes of at least 4 members (excludes halogenated alkanes) is 33. The first-order valence-corrected chi connectivity index (χ1v) is 28.1. The van der Waals surface area contributed by atoms with E-state index < -0.39 is 17.9 Å². The van der Waals surface area contributed by atoms with Crippen LogP contribution in [0, 0.1) is 0 Å². The first-order chi connectivity index (χ1) is 31.6. The molecule has 8 heteroatoms. The SMILES string of the molecule is CC(C)[O][Ti+3].CCCCCCCC/C=C\CCCCCCCC(=O)[O-].CCCCCCCC/C=C\CCCCCCCC(=O)[O-].CCCCCCCC/C=C\CCCCCCCC(=O)[O-]. The summed E-state index contributed by atoms with van der Waals surface area (Å²) >= 11 is 1.70. The summed E-state index contributed by atoms with van der Waals surface area (Å²) in [5.74, 6) is -2.74. The van der Waals surface area contributed by atoms with Crippen LogP contribution in [0.1, 0.15) is 304 Å². The number of hydrogen-bond acceptors (Lipinski definition) is 7. The molecule has 0 aromatic rings. The number of rotatable bonds is 46. The third-order valence-electron chi connectivity index (χ3n) is 11.2. The van der Waals surface area contributed by atoms with Crippen molar-refractivity contribution in [1.82, 2.24) is 0 Å². The van der Waals surface area contributed by atoms with Gasteiger partial charge in [-0.1, -0.05) is 211 Å². The van der Waals surface area contributed by atoms with Crippen LogP contribution in [0.2, 0.25) is 0 Å². The summed E-state index contributed by atoms with van der Waals surface area (Å²) in [5, 5.41) is 30.6. The van der Waals surface area contributed by atoms with E-state index >= 15 is 0 Å². The van der Waals surface area contributed by atoms with Gasteiger partial charge in [0.15, 0.2) is 0 Å². The molecule has 0 aromatic heterocycles. The fraction of sp³-hybridized carbons (Fsp3) is 0.842. The van der Waals surface area contributed by atoms with Crippen LogP contribution in [-0.2, 0) is 38.5 Å². The molecular weight excluding hydrogens is 844 g/mol. The molecule has 0 unspecified atom stereocenters. The van der Waals surface area contributed by atoms with Gasteiger partial charge in [-0.3, -0.25) is 0 Å². The molecule has 0 N–H and O–H groups in total. The van der Waals surface area contributed by atoms with Gasteiger partial charge in [-0.05, 0) is 116 Å². The predicted molar refractivity (Wildman–Crippen MR) is 270 cm³/mol. The summed E-state index contributed by atoms with van der Waals surface area (Å²) in [6.07, 6.45) is 63.1. The van der Waals surface area contributed by atoms with Crippen molar-refractivity contribution in [3.63, 3.8) is 0 Å². The van der Waals surface area contributed by atoms with Crippen molar-refractivity contribution in [3.8, 4) is 0 Å². The van der Waals surface area contributed by atoms with E-state index in [1.54, 1.807) is 20.8 Å². The van der Waals surface area contributed by atoms with Crippen LogP contribution in [0.5, 0.6) is 0 Å². The Hall–Kier alpha value is -1.70. The molecule has 0 aliphatic rings. The second-order valence-electron chi connectivity index (χ2n) is 18.3. The minimum atomic E-state index is -0.914. The molecule has 0 aliphatic heterocycles. The van der Waals surface area contributed by atoms with Crippen LogP contribution in [0.15, 0.2) is 36.5 Å². The average molecular weight is 951 g/mol. The number of carbonyl (C=O) groups excluding carboxylic acids is 3. The molecule has 0 aromatic carbocycles. The van der Waals surface area contributed by atoms with Crippen LogP contribution in [-0.4, -0.2) is 24.0 Å². The normalized spacial score (nSPS) is 11.1. The number of hydrogen-bond donors (Lipinski definition) is 0. The second kappa shape index (κ2) is 66.6. The molecule has 0 atom stereocenters. The van der Waals surface area contributed by atoms with Crippen LogP contribution in [0.4, 0.5) is 0 Å². The van der Waals surface area contributed by atoms with Crippen molar-refractivity contribution in [2.24, 2.45) is 0 Å². The molecule has 0 saturated carbocycles. The molecule has 0 heterocycles. The molecule has 0 saturated heterocycles. The first kappa shape index (κ1) is 69.9. The summed E-state index contributed by atoms with van der Waals surface area (Å²) in [6, 6.07) is 0. The Morgan fingerprint density at radius 3 is 0.646 bits per heavy atom. The quantitative estimate of drug-likeness (QED) is 0.0337. The zero-order valence-electron chi connectivity index (χ0n) is 43.6. The van der Waals surface area contributed by atoms with Gasteiger partial charge in [-0.2, -0.15) is 0 Å². The molecular formula is C57H106O7Ti. The van der Waals surface area contributed by atoms with Crippen molar-refractivity contribution in [2.75, 3.05) is 0 Å². The maximum absolute atomic E-state index is 10.2. The Morgan fingerprint density at radius 2 is 0.492 bits per heavy atom. The Balaban J connectivity index is -0.000000407. The molecule has 65 heavy (non-hydrogen) atoms. The van der Waals surface area contributed by atoms with Gasteiger partial charge in [0.1, 0.15) is 0 Å². The zero-order chi connectivity index (χ0) is 49.0. The maximum Gasteiger partial charge on any atom is 0.0414 e. The molecule has 0 aliphatic carbocycles. The van der Waals surface area contributed by atoms with E-state index in [-0.39, 0.29) is 19.3 Å². The van der Waals surface area contributed by atoms with Gasteiger partial charge in [0.05, 0.1) is 0 Å². The fourth-order valence-electron chi connectivity index (χ4n) is 7.02. The first-order valence-electron chi connectivity index (χ1n) is 27.5. The molecule has 0 amide bonds. The summed E-state index contributed by atoms with van der Waals surface area (Å²) in [7, 11) is 0. The van der Waals surface area contributed by atoms with Crippen molar-refractivity contribution >= 4 is 17.9 Å². The number of carbonyl (C=O) groups is 3. The molecule has 0 spiro atoms. The molecule has 0 rings (SSSR count). The standard InChI is InChI=1S/3C18H34O2.C3H7O.Ti/c3*1-2-3-4-5-6-7-8-9-10-11-12-13-14-15-16-17-18(19)20;1-3(2)4;/h3*9-10H,2-8,11-17H2,1H3,(H,19,20);3H,1-2H3;/q;;;-1;+4/p-3/b3*10-9-;;. The minimum Gasteiger partial charge on any atom is -0.550 e. The number of allylic oxidation sites excluding steroid dienone is 6. The summed E-state index contributed by atoms with van der Waals surface area (Å²) in [5.41, 5.74) is 0. The number of aliphatic carboxylic acids is 3. The van der Waals surface area contributed by atoms with Gasteiger partial charge in [-0.15, -0.1) is 0 Å². The van der Waals surface area contributed by atoms with E-state index in [1.165, 1.54) is 193 Å². The summed E-state index contributed by atoms with van der Waals surface area (Å²) < 4.78 is 4.75. The molecule has 7 nitrogen and oxygen atoms in total. The second-order valence-corrected chi connectivity index (χ2v) is 18.7. The van der Waals surface area contributed by atoms with E-state index in [0.717, 1.165) is 57.8 Å². The van der Waals surface area contributed by atoms with E-state index in [9.17, 15) is 29.7 Å². The van der Waals surface area contributed by atoms with Crippen LogP contribution >= 0.6 is 0 Å². The monoisotopic (exact) mass is 951 g/mol. The van der Waals surface area contributed by atoms with Gasteiger partial charge in [0, 0.05) is 17.9 Å². The van der Waals surface area contributed by atoms with Gasteiger partial charge in [0.25, 0.3) is 0 Å². The third-order valence-corrected chi connectivity index (χ3v) is 11.9. The van der Waals surface area contributed by atoms with Gasteiger partial charge < -0.3 is 29.7 Å². The molecule has 0 radical (unpaired) electrons. The van der Waals surface area contributed by atoms with Gasteiger partial charge >= 0.3 is 44.1 Å². The van der Waals surface area contributed by atoms with Crippen molar-refractivity contribution in [3.05, 3.63) is 36.5 Å². The van der Waals surface area contributed by atoms with E-state index in [0.29, 0.717) is 6.10 Å². The molecule has 0 bridgehead atoms.